The first-order chi connectivity index (χ1) is 11.8. The quantitative estimate of drug-likeness (QED) is 0.828. The molecule has 2 aliphatic rings. The fraction of sp³-hybridized carbons (Fsp3) is 0.632. The summed E-state index contributed by atoms with van der Waals surface area (Å²) in [5.41, 5.74) is 1.09. The molecular formula is C19H28N2O3S. The average molecular weight is 365 g/mol. The first-order valence-electron chi connectivity index (χ1n) is 9.04. The molecule has 1 atom stereocenters. The highest BCUT2D eigenvalue weighted by Gasteiger charge is 2.46. The largest absolute Gasteiger partial charge is 0.345 e. The maximum Gasteiger partial charge on any atom is 0.229 e. The predicted molar refractivity (Wildman–Crippen MR) is 98.7 cm³/mol. The molecule has 1 amide bonds. The molecule has 0 radical (unpaired) electrons. The highest BCUT2D eigenvalue weighted by molar-refractivity contribution is 7.89. The van der Waals surface area contributed by atoms with Crippen LogP contribution < -0.4 is 0 Å². The van der Waals surface area contributed by atoms with Gasteiger partial charge in [0.2, 0.25) is 15.9 Å². The minimum absolute atomic E-state index is 0.0200. The van der Waals surface area contributed by atoms with Crippen LogP contribution in [0.25, 0.3) is 0 Å². The number of likely N-dealkylation sites (tertiary alicyclic amines) is 1. The van der Waals surface area contributed by atoms with Crippen LogP contribution in [-0.2, 0) is 14.8 Å². The minimum atomic E-state index is -3.19. The monoisotopic (exact) mass is 364 g/mol. The fourth-order valence-electron chi connectivity index (χ4n) is 4.25. The number of hydrogen-bond acceptors (Lipinski definition) is 3. The number of hydrogen-bond donors (Lipinski definition) is 0. The molecule has 0 saturated carbocycles. The number of likely N-dealkylation sites (N-methyl/N-ethyl adjacent to an activating group) is 1. The van der Waals surface area contributed by atoms with Crippen LogP contribution in [0.4, 0.5) is 0 Å². The van der Waals surface area contributed by atoms with Crippen molar-refractivity contribution in [2.24, 2.45) is 5.41 Å². The first kappa shape index (κ1) is 18.4. The number of nitrogens with zero attached hydrogens (tertiary/aromatic N) is 2. The summed E-state index contributed by atoms with van der Waals surface area (Å²) in [7, 11) is -1.32. The van der Waals surface area contributed by atoms with Crippen molar-refractivity contribution < 1.29 is 13.2 Å². The Kier molecular flexibility index (Phi) is 4.95. The molecule has 0 unspecified atom stereocenters. The lowest BCUT2D eigenvalue weighted by Gasteiger charge is -2.49. The number of rotatable bonds is 3. The van der Waals surface area contributed by atoms with Crippen LogP contribution in [-0.4, -0.2) is 55.5 Å². The topological polar surface area (TPSA) is 57.7 Å². The van der Waals surface area contributed by atoms with E-state index >= 15 is 0 Å². The highest BCUT2D eigenvalue weighted by atomic mass is 32.2. The van der Waals surface area contributed by atoms with Crippen molar-refractivity contribution in [3.63, 3.8) is 0 Å². The van der Waals surface area contributed by atoms with E-state index in [1.165, 1.54) is 0 Å². The van der Waals surface area contributed by atoms with Crippen LogP contribution in [0, 0.1) is 5.41 Å². The minimum Gasteiger partial charge on any atom is -0.345 e. The second-order valence-corrected chi connectivity index (χ2v) is 10.3. The SMILES string of the molecule is CC(C)S(=O)(=O)N1CCC2(CC1)C[C@H](c1ccccc1)C(=O)N(C)C2. The third kappa shape index (κ3) is 3.47. The summed E-state index contributed by atoms with van der Waals surface area (Å²) in [5, 5.41) is -0.380. The maximum absolute atomic E-state index is 12.7. The van der Waals surface area contributed by atoms with E-state index in [1.54, 1.807) is 18.2 Å². The number of carbonyl (C=O) groups is 1. The number of benzene rings is 1. The Morgan fingerprint density at radius 3 is 2.28 bits per heavy atom. The van der Waals surface area contributed by atoms with Crippen molar-refractivity contribution in [2.75, 3.05) is 26.7 Å². The van der Waals surface area contributed by atoms with Crippen LogP contribution in [0.1, 0.15) is 44.6 Å². The number of sulfonamides is 1. The van der Waals surface area contributed by atoms with Gasteiger partial charge in [0, 0.05) is 26.7 Å². The summed E-state index contributed by atoms with van der Waals surface area (Å²) < 4.78 is 26.5. The lowest BCUT2D eigenvalue weighted by Crippen LogP contribution is -2.54. The Labute approximate surface area is 151 Å². The van der Waals surface area contributed by atoms with E-state index < -0.39 is 10.0 Å². The van der Waals surface area contributed by atoms with E-state index in [0.717, 1.165) is 31.4 Å². The van der Waals surface area contributed by atoms with Gasteiger partial charge in [0.15, 0.2) is 0 Å². The molecule has 5 nitrogen and oxygen atoms in total. The summed E-state index contributed by atoms with van der Waals surface area (Å²) in [6.07, 6.45) is 2.45. The Balaban J connectivity index is 1.78. The van der Waals surface area contributed by atoms with Gasteiger partial charge in [-0.05, 0) is 44.1 Å². The second-order valence-electron chi connectivity index (χ2n) is 7.85. The zero-order valence-corrected chi connectivity index (χ0v) is 16.1. The van der Waals surface area contributed by atoms with Gasteiger partial charge in [-0.3, -0.25) is 4.79 Å². The lowest BCUT2D eigenvalue weighted by atomic mass is 9.68. The zero-order chi connectivity index (χ0) is 18.2. The average Bonchev–Trinajstić information content (AvgIpc) is 2.59. The van der Waals surface area contributed by atoms with Crippen LogP contribution >= 0.6 is 0 Å². The van der Waals surface area contributed by atoms with Gasteiger partial charge in [-0.2, -0.15) is 0 Å². The Morgan fingerprint density at radius 2 is 1.72 bits per heavy atom. The standard InChI is InChI=1S/C19H28N2O3S/c1-15(2)25(23,24)21-11-9-19(10-12-21)13-17(18(22)20(3)14-19)16-7-5-4-6-8-16/h4-8,15,17H,9-14H2,1-3H3/t17-/m1/s1. The Bertz CT molecular complexity index is 722. The summed E-state index contributed by atoms with van der Waals surface area (Å²) in [6.45, 7) is 5.31. The van der Waals surface area contributed by atoms with Gasteiger partial charge in [0.25, 0.3) is 0 Å². The fourth-order valence-corrected chi connectivity index (χ4v) is 5.54. The summed E-state index contributed by atoms with van der Waals surface area (Å²) in [4.78, 5) is 14.5. The molecule has 0 bridgehead atoms. The van der Waals surface area contributed by atoms with E-state index in [9.17, 15) is 13.2 Å². The third-order valence-corrected chi connectivity index (χ3v) is 8.10. The molecule has 0 aliphatic carbocycles. The lowest BCUT2D eigenvalue weighted by molar-refractivity contribution is -0.139. The van der Waals surface area contributed by atoms with Crippen molar-refractivity contribution in [3.05, 3.63) is 35.9 Å². The van der Waals surface area contributed by atoms with E-state index in [1.807, 2.05) is 42.3 Å². The van der Waals surface area contributed by atoms with E-state index in [4.69, 9.17) is 0 Å². The normalized spacial score (nSPS) is 24.9. The number of amides is 1. The van der Waals surface area contributed by atoms with Crippen molar-refractivity contribution >= 4 is 15.9 Å². The van der Waals surface area contributed by atoms with Gasteiger partial charge in [-0.1, -0.05) is 30.3 Å². The van der Waals surface area contributed by atoms with E-state index in [0.29, 0.717) is 13.1 Å². The van der Waals surface area contributed by atoms with Gasteiger partial charge in [-0.25, -0.2) is 12.7 Å². The van der Waals surface area contributed by atoms with Gasteiger partial charge in [-0.15, -0.1) is 0 Å². The molecule has 0 aromatic heterocycles. The predicted octanol–water partition coefficient (Wildman–Crippen LogP) is 2.45. The van der Waals surface area contributed by atoms with Crippen LogP contribution in [0.3, 0.4) is 0 Å². The van der Waals surface area contributed by atoms with Crippen LogP contribution in [0.15, 0.2) is 30.3 Å². The first-order valence-corrected chi connectivity index (χ1v) is 10.5. The number of carbonyl (C=O) groups excluding carboxylic acids is 1. The second kappa shape index (κ2) is 6.72. The maximum atomic E-state index is 12.7. The Hall–Kier alpha value is -1.40. The molecule has 1 spiro atoms. The van der Waals surface area contributed by atoms with Gasteiger partial charge in [0.1, 0.15) is 0 Å². The summed E-state index contributed by atoms with van der Waals surface area (Å²) in [6, 6.07) is 9.95. The van der Waals surface area contributed by atoms with Crippen molar-refractivity contribution in [1.82, 2.24) is 9.21 Å². The Morgan fingerprint density at radius 1 is 1.12 bits per heavy atom. The molecule has 6 heteroatoms. The molecule has 2 saturated heterocycles. The van der Waals surface area contributed by atoms with E-state index in [2.05, 4.69) is 0 Å². The van der Waals surface area contributed by atoms with Gasteiger partial charge >= 0.3 is 0 Å². The van der Waals surface area contributed by atoms with Crippen molar-refractivity contribution in [2.45, 2.75) is 44.3 Å². The number of piperidine rings is 2. The molecule has 25 heavy (non-hydrogen) atoms. The molecule has 0 N–H and O–H groups in total. The van der Waals surface area contributed by atoms with E-state index in [-0.39, 0.29) is 22.5 Å². The van der Waals surface area contributed by atoms with Gasteiger partial charge < -0.3 is 4.90 Å². The molecular weight excluding hydrogens is 336 g/mol. The van der Waals surface area contributed by atoms with Crippen LogP contribution in [0.2, 0.25) is 0 Å². The summed E-state index contributed by atoms with van der Waals surface area (Å²) >= 11 is 0. The molecule has 1 aromatic rings. The summed E-state index contributed by atoms with van der Waals surface area (Å²) in [5.74, 6) is 0.0577. The zero-order valence-electron chi connectivity index (χ0n) is 15.3. The smallest absolute Gasteiger partial charge is 0.229 e. The molecule has 2 fully saturated rings. The molecule has 3 rings (SSSR count). The van der Waals surface area contributed by atoms with Crippen molar-refractivity contribution in [1.29, 1.82) is 0 Å². The highest BCUT2D eigenvalue weighted by Crippen LogP contribution is 2.45. The van der Waals surface area contributed by atoms with Crippen molar-refractivity contribution in [3.8, 4) is 0 Å². The van der Waals surface area contributed by atoms with Crippen LogP contribution in [0.5, 0.6) is 0 Å². The van der Waals surface area contributed by atoms with Gasteiger partial charge in [0.05, 0.1) is 11.2 Å². The third-order valence-electron chi connectivity index (χ3n) is 5.82. The molecule has 1 aromatic carbocycles. The molecule has 2 heterocycles. The molecule has 138 valence electrons. The molecule has 2 aliphatic heterocycles.